The summed E-state index contributed by atoms with van der Waals surface area (Å²) in [6.45, 7) is 0. The number of rotatable bonds is 0. The van der Waals surface area contributed by atoms with Gasteiger partial charge in [0, 0.05) is 0 Å². The van der Waals surface area contributed by atoms with Crippen LogP contribution in [0, 0.1) is 0 Å². The van der Waals surface area contributed by atoms with Gasteiger partial charge in [0.25, 0.3) is 0 Å². The van der Waals surface area contributed by atoms with Crippen LogP contribution in [-0.4, -0.2) is 19.6 Å². The Bertz CT molecular complexity index is 72.1. The molecule has 1 aliphatic heterocycles. The Kier molecular flexibility index (Phi) is 1.89. The first-order valence-corrected chi connectivity index (χ1v) is 4.62. The van der Waals surface area contributed by atoms with Crippen molar-refractivity contribution in [3.63, 3.8) is 0 Å². The van der Waals surface area contributed by atoms with E-state index in [1.54, 1.807) is 0 Å². The molecule has 0 atom stereocenters. The molecule has 0 aromatic carbocycles. The Hall–Kier alpha value is 0.189. The van der Waals surface area contributed by atoms with Crippen LogP contribution < -0.4 is 0 Å². The van der Waals surface area contributed by atoms with Crippen LogP contribution >= 0.6 is 0 Å². The number of hydrogen-bond donors (Lipinski definition) is 0. The van der Waals surface area contributed by atoms with Gasteiger partial charge in [0.15, 0.2) is 0 Å². The molecular weight excluding hydrogens is 155 g/mol. The summed E-state index contributed by atoms with van der Waals surface area (Å²) in [5, 5.41) is 1.20. The second-order valence-electron chi connectivity index (χ2n) is 1.68. The van der Waals surface area contributed by atoms with Gasteiger partial charge in [0.2, 0.25) is 0 Å². The Morgan fingerprint density at radius 2 is 2.29 bits per heavy atom. The Morgan fingerprint density at radius 3 is 2.57 bits per heavy atom. The predicted octanol–water partition coefficient (Wildman–Crippen LogP) is 0.819. The van der Waals surface area contributed by atoms with E-state index in [2.05, 4.69) is 0 Å². The van der Waals surface area contributed by atoms with E-state index in [9.17, 15) is 4.79 Å². The number of carbonyl (C=O) groups is 1. The molecular formula is C5H8OSe. The van der Waals surface area contributed by atoms with E-state index in [4.69, 9.17) is 0 Å². The van der Waals surface area contributed by atoms with Gasteiger partial charge in [-0.05, 0) is 0 Å². The molecule has 0 aromatic rings. The molecule has 1 heterocycles. The molecule has 0 amide bonds. The zero-order valence-corrected chi connectivity index (χ0v) is 5.86. The fourth-order valence-corrected chi connectivity index (χ4v) is 2.44. The molecule has 0 spiro atoms. The topological polar surface area (TPSA) is 17.1 Å². The van der Waals surface area contributed by atoms with Gasteiger partial charge in [-0.25, -0.2) is 0 Å². The third-order valence-corrected chi connectivity index (χ3v) is 3.18. The number of carbonyl (C=O) groups excluding carboxylic acids is 1. The average molecular weight is 163 g/mol. The van der Waals surface area contributed by atoms with Gasteiger partial charge >= 0.3 is 49.0 Å². The van der Waals surface area contributed by atoms with Crippen molar-refractivity contribution >= 4 is 19.6 Å². The Morgan fingerprint density at radius 1 is 1.43 bits per heavy atom. The van der Waals surface area contributed by atoms with Crippen molar-refractivity contribution in [2.45, 2.75) is 24.6 Å². The molecule has 0 saturated carbocycles. The quantitative estimate of drug-likeness (QED) is 0.483. The van der Waals surface area contributed by atoms with Crippen LogP contribution in [0.25, 0.3) is 0 Å². The van der Waals surface area contributed by atoms with Crippen molar-refractivity contribution in [2.75, 3.05) is 0 Å². The second-order valence-corrected chi connectivity index (χ2v) is 4.10. The van der Waals surface area contributed by atoms with E-state index in [1.165, 1.54) is 11.7 Å². The molecule has 0 N–H and O–H groups in total. The van der Waals surface area contributed by atoms with E-state index >= 15 is 0 Å². The molecule has 2 heteroatoms. The van der Waals surface area contributed by atoms with E-state index in [-0.39, 0.29) is 0 Å². The van der Waals surface area contributed by atoms with Crippen LogP contribution in [0.2, 0.25) is 5.32 Å². The monoisotopic (exact) mass is 164 g/mol. The first kappa shape index (κ1) is 5.33. The summed E-state index contributed by atoms with van der Waals surface area (Å²) in [6, 6.07) is 0. The van der Waals surface area contributed by atoms with Gasteiger partial charge in [0.05, 0.1) is 0 Å². The van der Waals surface area contributed by atoms with Gasteiger partial charge in [-0.15, -0.1) is 0 Å². The molecule has 1 aliphatic rings. The summed E-state index contributed by atoms with van der Waals surface area (Å²) in [5.41, 5.74) is 0. The number of hydrogen-bond acceptors (Lipinski definition) is 1. The summed E-state index contributed by atoms with van der Waals surface area (Å²) in [5.74, 6) is 0. The van der Waals surface area contributed by atoms with Crippen LogP contribution in [0.4, 0.5) is 0 Å². The molecule has 1 rings (SSSR count). The molecule has 0 aromatic heterocycles. The molecule has 0 unspecified atom stereocenters. The van der Waals surface area contributed by atoms with E-state index in [0.29, 0.717) is 19.6 Å². The molecule has 1 nitrogen and oxygen atoms in total. The molecule has 0 aliphatic carbocycles. The van der Waals surface area contributed by atoms with Crippen molar-refractivity contribution < 1.29 is 4.79 Å². The summed E-state index contributed by atoms with van der Waals surface area (Å²) in [4.78, 5) is 10.5. The first-order valence-electron chi connectivity index (χ1n) is 2.55. The summed E-state index contributed by atoms with van der Waals surface area (Å²) >= 11 is 0.373. The van der Waals surface area contributed by atoms with E-state index in [1.807, 2.05) is 0 Å². The second kappa shape index (κ2) is 2.49. The van der Waals surface area contributed by atoms with E-state index in [0.717, 1.165) is 12.8 Å². The van der Waals surface area contributed by atoms with Crippen molar-refractivity contribution in [1.82, 2.24) is 0 Å². The molecule has 0 radical (unpaired) electrons. The standard InChI is InChI=1S/C5H8OSe/c6-5-3-1-2-4-7-5/h1-4H2. The van der Waals surface area contributed by atoms with Gasteiger partial charge in [-0.3, -0.25) is 0 Å². The van der Waals surface area contributed by atoms with Crippen molar-refractivity contribution in [3.05, 3.63) is 0 Å². The SMILES string of the molecule is O=C1CCCC[Se]1. The fourth-order valence-electron chi connectivity index (χ4n) is 0.630. The van der Waals surface area contributed by atoms with E-state index < -0.39 is 0 Å². The average Bonchev–Trinajstić information content (AvgIpc) is 1.69. The van der Waals surface area contributed by atoms with Crippen LogP contribution in [0.3, 0.4) is 0 Å². The zero-order chi connectivity index (χ0) is 5.11. The summed E-state index contributed by atoms with van der Waals surface area (Å²) in [6.07, 6.45) is 3.33. The van der Waals surface area contributed by atoms with Crippen LogP contribution in [0.15, 0.2) is 0 Å². The molecule has 1 saturated heterocycles. The van der Waals surface area contributed by atoms with Crippen LogP contribution in [0.1, 0.15) is 19.3 Å². The summed E-state index contributed by atoms with van der Waals surface area (Å²) in [7, 11) is 0. The van der Waals surface area contributed by atoms with Crippen molar-refractivity contribution in [1.29, 1.82) is 0 Å². The third kappa shape index (κ3) is 1.62. The molecule has 40 valence electrons. The summed E-state index contributed by atoms with van der Waals surface area (Å²) < 4.78 is 0.527. The van der Waals surface area contributed by atoms with Gasteiger partial charge in [0.1, 0.15) is 0 Å². The molecule has 0 bridgehead atoms. The fraction of sp³-hybridized carbons (Fsp3) is 0.800. The predicted molar refractivity (Wildman–Crippen MR) is 29.4 cm³/mol. The molecule has 1 fully saturated rings. The zero-order valence-electron chi connectivity index (χ0n) is 4.14. The minimum atomic E-state index is 0.373. The van der Waals surface area contributed by atoms with Gasteiger partial charge in [-0.2, -0.15) is 0 Å². The van der Waals surface area contributed by atoms with Crippen molar-refractivity contribution in [3.8, 4) is 0 Å². The van der Waals surface area contributed by atoms with Crippen LogP contribution in [-0.2, 0) is 4.79 Å². The minimum absolute atomic E-state index is 0.373. The van der Waals surface area contributed by atoms with Gasteiger partial charge in [-0.1, -0.05) is 0 Å². The van der Waals surface area contributed by atoms with Crippen molar-refractivity contribution in [2.24, 2.45) is 0 Å². The Labute approximate surface area is 49.6 Å². The molecule has 7 heavy (non-hydrogen) atoms. The normalized spacial score (nSPS) is 22.6. The maximum absolute atomic E-state index is 10.5. The van der Waals surface area contributed by atoms with Gasteiger partial charge < -0.3 is 0 Å². The van der Waals surface area contributed by atoms with Crippen LogP contribution in [0.5, 0.6) is 0 Å². The first-order chi connectivity index (χ1) is 3.39. The maximum atomic E-state index is 10.5. The Balaban J connectivity index is 2.25. The third-order valence-electron chi connectivity index (χ3n) is 1.04.